The third kappa shape index (κ3) is 4.67. The van der Waals surface area contributed by atoms with Gasteiger partial charge in [0.25, 0.3) is 11.8 Å². The van der Waals surface area contributed by atoms with Crippen LogP contribution < -0.4 is 5.32 Å². The largest absolute Gasteiger partial charge is 0.432 e. The lowest BCUT2D eigenvalue weighted by atomic mass is 10.1. The van der Waals surface area contributed by atoms with Crippen LogP contribution in [-0.2, 0) is 14.4 Å². The van der Waals surface area contributed by atoms with Crippen molar-refractivity contribution in [1.82, 2.24) is 15.3 Å². The number of hydrogen-bond donors (Lipinski definition) is 2. The number of aliphatic hydroxyl groups is 1. The zero-order valence-electron chi connectivity index (χ0n) is 12.6. The number of carbonyl (C=O) groups is 3. The molecule has 0 spiro atoms. The molecule has 2 heterocycles. The number of amides is 3. The molecule has 2 rings (SSSR count). The summed E-state index contributed by atoms with van der Waals surface area (Å²) >= 11 is 0. The van der Waals surface area contributed by atoms with Gasteiger partial charge in [-0.2, -0.15) is 0 Å². The van der Waals surface area contributed by atoms with Gasteiger partial charge in [0.2, 0.25) is 0 Å². The minimum Gasteiger partial charge on any atom is -0.396 e. The van der Waals surface area contributed by atoms with Crippen molar-refractivity contribution in [1.29, 1.82) is 0 Å². The Hall–Kier alpha value is -1.67. The number of carbonyl (C=O) groups excluding carboxylic acids is 3. The number of hydroxylamine groups is 2. The maximum absolute atomic E-state index is 11.8. The van der Waals surface area contributed by atoms with Crippen molar-refractivity contribution in [3.8, 4) is 0 Å². The molecule has 2 N–H and O–H groups in total. The van der Waals surface area contributed by atoms with Crippen LogP contribution in [0.3, 0.4) is 0 Å². The molecule has 3 amide bonds. The van der Waals surface area contributed by atoms with Gasteiger partial charge in [0.15, 0.2) is 0 Å². The van der Waals surface area contributed by atoms with Crippen LogP contribution in [0.1, 0.15) is 38.5 Å². The number of hydrogen-bond acceptors (Lipinski definition) is 6. The predicted molar refractivity (Wildman–Crippen MR) is 76.5 cm³/mol. The van der Waals surface area contributed by atoms with Crippen molar-refractivity contribution in [2.45, 2.75) is 44.6 Å². The van der Waals surface area contributed by atoms with Crippen LogP contribution in [0.25, 0.3) is 0 Å². The molecule has 8 nitrogen and oxygen atoms in total. The summed E-state index contributed by atoms with van der Waals surface area (Å²) in [5, 5.41) is 12.1. The van der Waals surface area contributed by atoms with Gasteiger partial charge in [0, 0.05) is 38.6 Å². The van der Waals surface area contributed by atoms with E-state index in [0.29, 0.717) is 5.06 Å². The summed E-state index contributed by atoms with van der Waals surface area (Å²) in [6.45, 7) is 2.82. The smallest absolute Gasteiger partial charge is 0.396 e. The summed E-state index contributed by atoms with van der Waals surface area (Å²) in [6, 6.07) is -0.0283. The Morgan fingerprint density at radius 3 is 2.64 bits per heavy atom. The molecule has 2 fully saturated rings. The van der Waals surface area contributed by atoms with Gasteiger partial charge in [-0.25, -0.2) is 4.79 Å². The van der Waals surface area contributed by atoms with E-state index in [1.807, 2.05) is 0 Å². The SMILES string of the molecule is O=C(N[C@H]1CCCN(CCCO)CC1)ON1C(=O)CCC1=O. The summed E-state index contributed by atoms with van der Waals surface area (Å²) < 4.78 is 0. The minimum absolute atomic E-state index is 0.0283. The first-order chi connectivity index (χ1) is 10.6. The molecule has 0 unspecified atom stereocenters. The zero-order valence-corrected chi connectivity index (χ0v) is 12.6. The molecule has 0 saturated carbocycles. The van der Waals surface area contributed by atoms with Gasteiger partial charge >= 0.3 is 6.09 Å². The molecule has 2 saturated heterocycles. The van der Waals surface area contributed by atoms with E-state index in [1.54, 1.807) is 0 Å². The van der Waals surface area contributed by atoms with Gasteiger partial charge in [-0.15, -0.1) is 5.06 Å². The standard InChI is InChI=1S/C14H23N3O5/c18-10-2-8-16-7-1-3-11(6-9-16)15-14(21)22-17-12(19)4-5-13(17)20/h11,18H,1-10H2,(H,15,21)/t11-/m0/s1. The quantitative estimate of drug-likeness (QED) is 0.694. The van der Waals surface area contributed by atoms with Crippen LogP contribution in [0, 0.1) is 0 Å². The highest BCUT2D eigenvalue weighted by Gasteiger charge is 2.33. The normalized spacial score (nSPS) is 23.5. The average molecular weight is 313 g/mol. The van der Waals surface area contributed by atoms with Crippen molar-refractivity contribution in [2.24, 2.45) is 0 Å². The van der Waals surface area contributed by atoms with Gasteiger partial charge in [-0.1, -0.05) is 0 Å². The predicted octanol–water partition coefficient (Wildman–Crippen LogP) is 0.0135. The fourth-order valence-corrected chi connectivity index (χ4v) is 2.75. The molecular weight excluding hydrogens is 290 g/mol. The van der Waals surface area contributed by atoms with Gasteiger partial charge in [-0.05, 0) is 32.2 Å². The Bertz CT molecular complexity index is 413. The molecular formula is C14H23N3O5. The van der Waals surface area contributed by atoms with Crippen LogP contribution >= 0.6 is 0 Å². The molecule has 0 aromatic rings. The fourth-order valence-electron chi connectivity index (χ4n) is 2.75. The number of likely N-dealkylation sites (tertiary alicyclic amines) is 1. The van der Waals surface area contributed by atoms with E-state index < -0.39 is 17.9 Å². The zero-order chi connectivity index (χ0) is 15.9. The van der Waals surface area contributed by atoms with Crippen molar-refractivity contribution < 1.29 is 24.3 Å². The first-order valence-electron chi connectivity index (χ1n) is 7.77. The molecule has 1 atom stereocenters. The lowest BCUT2D eigenvalue weighted by Gasteiger charge is -2.20. The summed E-state index contributed by atoms with van der Waals surface area (Å²) in [5.41, 5.74) is 0. The molecule has 0 aliphatic carbocycles. The lowest BCUT2D eigenvalue weighted by Crippen LogP contribution is -2.41. The number of nitrogens with zero attached hydrogens (tertiary/aromatic N) is 2. The van der Waals surface area contributed by atoms with Gasteiger partial charge < -0.3 is 20.2 Å². The summed E-state index contributed by atoms with van der Waals surface area (Å²) in [7, 11) is 0. The van der Waals surface area contributed by atoms with Crippen molar-refractivity contribution in [3.63, 3.8) is 0 Å². The monoisotopic (exact) mass is 313 g/mol. The number of nitrogens with one attached hydrogen (secondary N) is 1. The Balaban J connectivity index is 1.74. The Labute approximate surface area is 129 Å². The summed E-state index contributed by atoms with van der Waals surface area (Å²) in [4.78, 5) is 41.6. The number of aliphatic hydroxyl groups excluding tert-OH is 1. The van der Waals surface area contributed by atoms with E-state index in [9.17, 15) is 14.4 Å². The van der Waals surface area contributed by atoms with Gasteiger partial charge in [-0.3, -0.25) is 9.59 Å². The molecule has 8 heteroatoms. The first-order valence-corrected chi connectivity index (χ1v) is 7.77. The molecule has 124 valence electrons. The second kappa shape index (κ2) is 8.09. The van der Waals surface area contributed by atoms with E-state index in [-0.39, 0.29) is 25.5 Å². The van der Waals surface area contributed by atoms with Crippen LogP contribution in [0.2, 0.25) is 0 Å². The molecule has 0 aromatic carbocycles. The first kappa shape index (κ1) is 16.7. The summed E-state index contributed by atoms with van der Waals surface area (Å²) in [5.74, 6) is -0.951. The topological polar surface area (TPSA) is 99.2 Å². The number of imide groups is 1. The second-order valence-electron chi connectivity index (χ2n) is 5.65. The third-order valence-electron chi connectivity index (χ3n) is 3.96. The van der Waals surface area contributed by atoms with Gasteiger partial charge in [0.1, 0.15) is 0 Å². The van der Waals surface area contributed by atoms with Crippen molar-refractivity contribution in [2.75, 3.05) is 26.2 Å². The second-order valence-corrected chi connectivity index (χ2v) is 5.65. The van der Waals surface area contributed by atoms with E-state index in [2.05, 4.69) is 10.2 Å². The molecule has 22 heavy (non-hydrogen) atoms. The van der Waals surface area contributed by atoms with E-state index in [4.69, 9.17) is 9.94 Å². The van der Waals surface area contributed by atoms with Crippen LogP contribution in [0.4, 0.5) is 4.79 Å². The molecule has 2 aliphatic heterocycles. The molecule has 0 bridgehead atoms. The van der Waals surface area contributed by atoms with Gasteiger partial charge in [0.05, 0.1) is 0 Å². The third-order valence-corrected chi connectivity index (χ3v) is 3.96. The summed E-state index contributed by atoms with van der Waals surface area (Å²) in [6.07, 6.45) is 2.73. The maximum Gasteiger partial charge on any atom is 0.432 e. The van der Waals surface area contributed by atoms with E-state index in [1.165, 1.54) is 0 Å². The minimum atomic E-state index is -0.752. The average Bonchev–Trinajstić information content (AvgIpc) is 2.69. The van der Waals surface area contributed by atoms with Crippen molar-refractivity contribution in [3.05, 3.63) is 0 Å². The van der Waals surface area contributed by atoms with Crippen LogP contribution in [-0.4, -0.2) is 65.3 Å². The highest BCUT2D eigenvalue weighted by Crippen LogP contribution is 2.14. The van der Waals surface area contributed by atoms with E-state index >= 15 is 0 Å². The van der Waals surface area contributed by atoms with Crippen molar-refractivity contribution >= 4 is 17.9 Å². The van der Waals surface area contributed by atoms with E-state index in [0.717, 1.165) is 45.3 Å². The molecule has 0 radical (unpaired) electrons. The number of rotatable bonds is 5. The van der Waals surface area contributed by atoms with Crippen LogP contribution in [0.5, 0.6) is 0 Å². The maximum atomic E-state index is 11.8. The Kier molecular flexibility index (Phi) is 6.14. The highest BCUT2D eigenvalue weighted by molar-refractivity contribution is 6.01. The highest BCUT2D eigenvalue weighted by atomic mass is 16.7. The Morgan fingerprint density at radius 1 is 1.23 bits per heavy atom. The fraction of sp³-hybridized carbons (Fsp3) is 0.786. The lowest BCUT2D eigenvalue weighted by molar-refractivity contribution is -0.171. The molecule has 2 aliphatic rings. The molecule has 0 aromatic heterocycles. The van der Waals surface area contributed by atoms with Crippen LogP contribution in [0.15, 0.2) is 0 Å². The Morgan fingerprint density at radius 2 is 1.95 bits per heavy atom.